The number of esters is 3. The summed E-state index contributed by atoms with van der Waals surface area (Å²) >= 11 is 0. The summed E-state index contributed by atoms with van der Waals surface area (Å²) < 4.78 is 17.1. The molecule has 32 heavy (non-hydrogen) atoms. The quantitative estimate of drug-likeness (QED) is 0.518. The van der Waals surface area contributed by atoms with Gasteiger partial charge in [-0.15, -0.1) is 0 Å². The highest BCUT2D eigenvalue weighted by Gasteiger charge is 2.69. The van der Waals surface area contributed by atoms with Gasteiger partial charge >= 0.3 is 17.9 Å². The lowest BCUT2D eigenvalue weighted by molar-refractivity contribution is -0.243. The van der Waals surface area contributed by atoms with Crippen LogP contribution in [-0.2, 0) is 28.6 Å². The smallest absolute Gasteiger partial charge is 0.302 e. The van der Waals surface area contributed by atoms with Crippen LogP contribution < -0.4 is 0 Å². The lowest BCUT2D eigenvalue weighted by Crippen LogP contribution is -2.66. The van der Waals surface area contributed by atoms with E-state index in [-0.39, 0.29) is 59.4 Å². The maximum absolute atomic E-state index is 12.2. The minimum atomic E-state index is -0.963. The van der Waals surface area contributed by atoms with Crippen molar-refractivity contribution in [1.29, 1.82) is 0 Å². The molecule has 0 aromatic carbocycles. The minimum absolute atomic E-state index is 0.0299. The molecule has 4 aliphatic rings. The first-order chi connectivity index (χ1) is 14.9. The van der Waals surface area contributed by atoms with E-state index in [0.29, 0.717) is 25.7 Å². The highest BCUT2D eigenvalue weighted by molar-refractivity contribution is 5.67. The summed E-state index contributed by atoms with van der Waals surface area (Å²) in [5.41, 5.74) is -1.58. The number of carbonyl (C=O) groups is 3. The van der Waals surface area contributed by atoms with Gasteiger partial charge in [-0.1, -0.05) is 13.8 Å². The average molecular weight is 451 g/mol. The summed E-state index contributed by atoms with van der Waals surface area (Å²) in [4.78, 5) is 35.3. The van der Waals surface area contributed by atoms with Gasteiger partial charge in [0.25, 0.3) is 0 Å². The molecular weight excluding hydrogens is 412 g/mol. The van der Waals surface area contributed by atoms with E-state index in [0.717, 1.165) is 25.7 Å². The van der Waals surface area contributed by atoms with E-state index < -0.39 is 11.0 Å². The van der Waals surface area contributed by atoms with Gasteiger partial charge in [0, 0.05) is 32.1 Å². The maximum atomic E-state index is 12.2. The van der Waals surface area contributed by atoms with Crippen LogP contribution in [0.5, 0.6) is 0 Å². The van der Waals surface area contributed by atoms with Crippen molar-refractivity contribution in [1.82, 2.24) is 0 Å². The molecule has 1 unspecified atom stereocenters. The second-order valence-corrected chi connectivity index (χ2v) is 11.2. The first-order valence-electron chi connectivity index (χ1n) is 12.1. The van der Waals surface area contributed by atoms with Crippen LogP contribution in [0.1, 0.15) is 86.0 Å². The van der Waals surface area contributed by atoms with E-state index in [2.05, 4.69) is 13.8 Å². The lowest BCUT2D eigenvalue weighted by Gasteiger charge is -2.64. The topological polar surface area (TPSA) is 99.1 Å². The van der Waals surface area contributed by atoms with Crippen molar-refractivity contribution in [3.05, 3.63) is 0 Å². The van der Waals surface area contributed by atoms with Gasteiger partial charge in [-0.2, -0.15) is 0 Å². The van der Waals surface area contributed by atoms with Crippen LogP contribution in [0.3, 0.4) is 0 Å². The molecule has 0 heterocycles. The molecule has 0 aliphatic heterocycles. The van der Waals surface area contributed by atoms with Crippen molar-refractivity contribution in [2.45, 2.75) is 110 Å². The van der Waals surface area contributed by atoms with E-state index in [1.165, 1.54) is 20.8 Å². The van der Waals surface area contributed by atoms with Gasteiger partial charge in [0.1, 0.15) is 18.3 Å². The molecule has 4 saturated carbocycles. The van der Waals surface area contributed by atoms with E-state index >= 15 is 0 Å². The van der Waals surface area contributed by atoms with Gasteiger partial charge in [0.2, 0.25) is 0 Å². The van der Waals surface area contributed by atoms with Gasteiger partial charge in [-0.05, 0) is 68.6 Å². The molecule has 1 N–H and O–H groups in total. The van der Waals surface area contributed by atoms with Gasteiger partial charge < -0.3 is 19.3 Å². The van der Waals surface area contributed by atoms with Crippen LogP contribution in [0.2, 0.25) is 0 Å². The number of aliphatic hydroxyl groups is 1. The fourth-order valence-corrected chi connectivity index (χ4v) is 8.21. The zero-order valence-electron chi connectivity index (χ0n) is 20.0. The monoisotopic (exact) mass is 450 g/mol. The average Bonchev–Trinajstić information content (AvgIpc) is 2.93. The number of rotatable bonds is 3. The Balaban J connectivity index is 1.67. The molecule has 0 amide bonds. The van der Waals surface area contributed by atoms with Crippen molar-refractivity contribution in [3.63, 3.8) is 0 Å². The minimum Gasteiger partial charge on any atom is -0.463 e. The third-order valence-corrected chi connectivity index (χ3v) is 9.67. The molecule has 0 spiro atoms. The Morgan fingerprint density at radius 3 is 2.03 bits per heavy atom. The lowest BCUT2D eigenvalue weighted by atomic mass is 9.43. The molecule has 7 heteroatoms. The Kier molecular flexibility index (Phi) is 5.88. The first-order valence-corrected chi connectivity index (χ1v) is 12.1. The summed E-state index contributed by atoms with van der Waals surface area (Å²) in [6, 6.07) is 0. The Morgan fingerprint density at radius 2 is 1.41 bits per heavy atom. The summed E-state index contributed by atoms with van der Waals surface area (Å²) in [5.74, 6) is -0.560. The predicted molar refractivity (Wildman–Crippen MR) is 115 cm³/mol. The molecule has 0 aromatic rings. The number of hydrogen-bond acceptors (Lipinski definition) is 7. The third-order valence-electron chi connectivity index (χ3n) is 9.67. The molecule has 9 atom stereocenters. The molecule has 7 nitrogen and oxygen atoms in total. The number of fused-ring (bicyclic) bond motifs is 5. The molecule has 0 saturated heterocycles. The van der Waals surface area contributed by atoms with Crippen molar-refractivity contribution < 1.29 is 33.7 Å². The van der Waals surface area contributed by atoms with Crippen molar-refractivity contribution in [2.24, 2.45) is 28.6 Å². The Morgan fingerprint density at radius 1 is 0.750 bits per heavy atom. The van der Waals surface area contributed by atoms with E-state index in [1.807, 2.05) is 0 Å². The summed E-state index contributed by atoms with van der Waals surface area (Å²) in [6.45, 7) is 8.64. The number of ether oxygens (including phenoxy) is 3. The fraction of sp³-hybridized carbons (Fsp3) is 0.880. The van der Waals surface area contributed by atoms with Crippen molar-refractivity contribution in [2.75, 3.05) is 0 Å². The van der Waals surface area contributed by atoms with E-state index in [9.17, 15) is 19.5 Å². The van der Waals surface area contributed by atoms with Crippen LogP contribution in [-0.4, -0.2) is 46.9 Å². The summed E-state index contributed by atoms with van der Waals surface area (Å²) in [6.07, 6.45) is 5.16. The molecule has 180 valence electrons. The third kappa shape index (κ3) is 3.55. The standard InChI is InChI=1S/C25H38O7/c1-14(26)30-17-6-9-23(4)18-7-10-24(5)22(32-16(3)28)8-11-25(24,29)19(18)13-21(20(23)12-17)31-15(2)27/h17-22,29H,6-13H2,1-5H3/t17-,18-,19+,20?,21-,22-,23+,24+,25+/m0/s1. The summed E-state index contributed by atoms with van der Waals surface area (Å²) in [5, 5.41) is 12.2. The largest absolute Gasteiger partial charge is 0.463 e. The molecule has 4 fully saturated rings. The van der Waals surface area contributed by atoms with Crippen LogP contribution in [0.15, 0.2) is 0 Å². The first kappa shape index (κ1) is 23.5. The van der Waals surface area contributed by atoms with Gasteiger partial charge in [0.05, 0.1) is 5.60 Å². The molecule has 4 aliphatic carbocycles. The molecule has 4 rings (SSSR count). The highest BCUT2D eigenvalue weighted by Crippen LogP contribution is 2.68. The maximum Gasteiger partial charge on any atom is 0.302 e. The predicted octanol–water partition coefficient (Wildman–Crippen LogP) is 3.55. The van der Waals surface area contributed by atoms with Crippen LogP contribution >= 0.6 is 0 Å². The second-order valence-electron chi connectivity index (χ2n) is 11.2. The van der Waals surface area contributed by atoms with Crippen LogP contribution in [0, 0.1) is 28.6 Å². The zero-order valence-corrected chi connectivity index (χ0v) is 20.0. The van der Waals surface area contributed by atoms with Gasteiger partial charge in [0.15, 0.2) is 0 Å². The Hall–Kier alpha value is -1.63. The van der Waals surface area contributed by atoms with Crippen molar-refractivity contribution >= 4 is 17.9 Å². The SMILES string of the molecule is CC(=O)O[C@H]1CC[C@@]2(C)C(C1)[C@@H](OC(C)=O)C[C@@H]1[C@@H]2CC[C@]2(C)[C@@H](OC(C)=O)CC[C@@]12O. The number of carbonyl (C=O) groups excluding carboxylic acids is 3. The zero-order chi connectivity index (χ0) is 23.5. The summed E-state index contributed by atoms with van der Waals surface area (Å²) in [7, 11) is 0. The van der Waals surface area contributed by atoms with Gasteiger partial charge in [-0.3, -0.25) is 14.4 Å². The molecule has 0 bridgehead atoms. The fourth-order valence-electron chi connectivity index (χ4n) is 8.21. The van der Waals surface area contributed by atoms with Crippen LogP contribution in [0.25, 0.3) is 0 Å². The highest BCUT2D eigenvalue weighted by atomic mass is 16.6. The van der Waals surface area contributed by atoms with Gasteiger partial charge in [-0.25, -0.2) is 0 Å². The molecule has 0 radical (unpaired) electrons. The molecular formula is C25H38O7. The second kappa shape index (κ2) is 8.00. The number of hydrogen-bond donors (Lipinski definition) is 1. The molecule has 0 aromatic heterocycles. The Bertz CT molecular complexity index is 795. The normalized spacial score (nSPS) is 47.4. The Labute approximate surface area is 190 Å². The van der Waals surface area contributed by atoms with E-state index in [4.69, 9.17) is 14.2 Å². The van der Waals surface area contributed by atoms with E-state index in [1.54, 1.807) is 0 Å². The van der Waals surface area contributed by atoms with Crippen molar-refractivity contribution in [3.8, 4) is 0 Å². The van der Waals surface area contributed by atoms with Crippen LogP contribution in [0.4, 0.5) is 0 Å².